The predicted octanol–water partition coefficient (Wildman–Crippen LogP) is 2.94. The molecule has 0 radical (unpaired) electrons. The summed E-state index contributed by atoms with van der Waals surface area (Å²) in [6.07, 6.45) is 3.15. The van der Waals surface area contributed by atoms with E-state index in [0.717, 1.165) is 35.9 Å². The molecule has 0 saturated carbocycles. The van der Waals surface area contributed by atoms with E-state index in [1.165, 1.54) is 0 Å². The monoisotopic (exact) mass is 242 g/mol. The van der Waals surface area contributed by atoms with Crippen LogP contribution in [0, 0.1) is 0 Å². The quantitative estimate of drug-likeness (QED) is 0.895. The number of nitrogens with one attached hydrogen (secondary N) is 1. The zero-order chi connectivity index (χ0) is 13.0. The van der Waals surface area contributed by atoms with Crippen molar-refractivity contribution in [2.24, 2.45) is 0 Å². The molecule has 0 unspecified atom stereocenters. The maximum Gasteiger partial charge on any atom is 0.251 e. The minimum atomic E-state index is -0.0497. The molecule has 0 fully saturated rings. The molecule has 0 bridgehead atoms. The summed E-state index contributed by atoms with van der Waals surface area (Å²) in [4.78, 5) is 16.5. The Hall–Kier alpha value is -1.90. The molecule has 1 aromatic heterocycles. The lowest BCUT2D eigenvalue weighted by molar-refractivity contribution is 0.0964. The van der Waals surface area contributed by atoms with Gasteiger partial charge in [0.2, 0.25) is 0 Å². The number of carbonyl (C=O) groups is 1. The number of benzene rings is 1. The number of nitrogens with zero attached hydrogens (tertiary/aromatic N) is 1. The van der Waals surface area contributed by atoms with Crippen LogP contribution in [-0.4, -0.2) is 17.9 Å². The summed E-state index contributed by atoms with van der Waals surface area (Å²) < 4.78 is 0. The van der Waals surface area contributed by atoms with Crippen LogP contribution >= 0.6 is 0 Å². The summed E-state index contributed by atoms with van der Waals surface area (Å²) >= 11 is 0. The second-order valence-corrected chi connectivity index (χ2v) is 4.36. The normalized spacial score (nSPS) is 10.6. The number of aromatic nitrogens is 1. The summed E-state index contributed by atoms with van der Waals surface area (Å²) in [5.41, 5.74) is 2.60. The summed E-state index contributed by atoms with van der Waals surface area (Å²) in [5, 5.41) is 3.60. The zero-order valence-electron chi connectivity index (χ0n) is 10.9. The van der Waals surface area contributed by atoms with Crippen LogP contribution in [0.4, 0.5) is 0 Å². The Morgan fingerprint density at radius 1 is 1.33 bits per heavy atom. The lowest BCUT2D eigenvalue weighted by Crippen LogP contribution is -2.18. The van der Waals surface area contributed by atoms with Gasteiger partial charge in [-0.3, -0.25) is 9.78 Å². The van der Waals surface area contributed by atoms with Crippen molar-refractivity contribution < 1.29 is 4.79 Å². The van der Waals surface area contributed by atoms with Gasteiger partial charge in [0.05, 0.1) is 11.1 Å². The van der Waals surface area contributed by atoms with E-state index in [4.69, 9.17) is 0 Å². The van der Waals surface area contributed by atoms with Crippen molar-refractivity contribution in [3.63, 3.8) is 0 Å². The van der Waals surface area contributed by atoms with E-state index < -0.39 is 0 Å². The highest BCUT2D eigenvalue weighted by molar-refractivity contribution is 6.06. The number of fused-ring (bicyclic) bond motifs is 1. The third kappa shape index (κ3) is 2.50. The molecule has 3 nitrogen and oxygen atoms in total. The molecule has 0 aliphatic heterocycles. The molecule has 18 heavy (non-hydrogen) atoms. The van der Waals surface area contributed by atoms with Gasteiger partial charge in [0.15, 0.2) is 0 Å². The number of rotatable bonds is 4. The minimum Gasteiger partial charge on any atom is -0.355 e. The minimum absolute atomic E-state index is 0.0497. The highest BCUT2D eigenvalue weighted by Crippen LogP contribution is 2.19. The van der Waals surface area contributed by atoms with Crippen LogP contribution in [0.1, 0.15) is 35.8 Å². The van der Waals surface area contributed by atoms with E-state index in [1.807, 2.05) is 30.3 Å². The van der Waals surface area contributed by atoms with Gasteiger partial charge in [-0.05, 0) is 25.0 Å². The molecule has 94 valence electrons. The van der Waals surface area contributed by atoms with E-state index in [0.29, 0.717) is 5.56 Å². The topological polar surface area (TPSA) is 42.0 Å². The van der Waals surface area contributed by atoms with Crippen LogP contribution < -0.4 is 5.32 Å². The van der Waals surface area contributed by atoms with Crippen molar-refractivity contribution in [2.75, 3.05) is 7.05 Å². The van der Waals surface area contributed by atoms with Crippen molar-refractivity contribution in [3.8, 4) is 0 Å². The van der Waals surface area contributed by atoms with Gasteiger partial charge in [0.25, 0.3) is 5.91 Å². The first-order valence-corrected chi connectivity index (χ1v) is 6.37. The number of para-hydroxylation sites is 1. The average Bonchev–Trinajstić information content (AvgIpc) is 2.43. The fourth-order valence-electron chi connectivity index (χ4n) is 2.04. The molecular formula is C15H18N2O. The average molecular weight is 242 g/mol. The molecule has 1 aromatic carbocycles. The molecule has 3 heteroatoms. The summed E-state index contributed by atoms with van der Waals surface area (Å²) in [6.45, 7) is 2.15. The molecule has 0 atom stereocenters. The molecular weight excluding hydrogens is 224 g/mol. The highest BCUT2D eigenvalue weighted by Gasteiger charge is 2.11. The third-order valence-electron chi connectivity index (χ3n) is 3.03. The number of pyridine rings is 1. The summed E-state index contributed by atoms with van der Waals surface area (Å²) in [7, 11) is 1.66. The van der Waals surface area contributed by atoms with Gasteiger partial charge in [0.1, 0.15) is 0 Å². The van der Waals surface area contributed by atoms with Crippen molar-refractivity contribution >= 4 is 16.8 Å². The Bertz CT molecular complexity index is 563. The fourth-order valence-corrected chi connectivity index (χ4v) is 2.04. The van der Waals surface area contributed by atoms with E-state index in [2.05, 4.69) is 17.2 Å². The molecule has 0 aliphatic carbocycles. The van der Waals surface area contributed by atoms with E-state index >= 15 is 0 Å². The van der Waals surface area contributed by atoms with Gasteiger partial charge in [-0.1, -0.05) is 31.5 Å². The van der Waals surface area contributed by atoms with Crippen molar-refractivity contribution in [1.29, 1.82) is 0 Å². The number of hydrogen-bond donors (Lipinski definition) is 1. The van der Waals surface area contributed by atoms with E-state index in [-0.39, 0.29) is 5.91 Å². The predicted molar refractivity (Wildman–Crippen MR) is 73.7 cm³/mol. The standard InChI is InChI=1S/C15H18N2O/c1-3-4-7-11-10-13(15(18)16-2)12-8-5-6-9-14(12)17-11/h5-6,8-10H,3-4,7H2,1-2H3,(H,16,18). The lowest BCUT2D eigenvalue weighted by Gasteiger charge is -2.08. The molecule has 1 heterocycles. The molecule has 2 rings (SSSR count). The highest BCUT2D eigenvalue weighted by atomic mass is 16.1. The van der Waals surface area contributed by atoms with Crippen LogP contribution in [0.25, 0.3) is 10.9 Å². The number of unbranched alkanes of at least 4 members (excludes halogenated alkanes) is 1. The van der Waals surface area contributed by atoms with Gasteiger partial charge in [-0.2, -0.15) is 0 Å². The Morgan fingerprint density at radius 2 is 2.11 bits per heavy atom. The maximum absolute atomic E-state index is 11.9. The van der Waals surface area contributed by atoms with Crippen molar-refractivity contribution in [2.45, 2.75) is 26.2 Å². The van der Waals surface area contributed by atoms with Crippen LogP contribution in [-0.2, 0) is 6.42 Å². The number of carbonyl (C=O) groups excluding carboxylic acids is 1. The molecule has 1 N–H and O–H groups in total. The van der Waals surface area contributed by atoms with E-state index in [9.17, 15) is 4.79 Å². The SMILES string of the molecule is CCCCc1cc(C(=O)NC)c2ccccc2n1. The van der Waals surface area contributed by atoms with Gasteiger partial charge in [0, 0.05) is 18.1 Å². The third-order valence-corrected chi connectivity index (χ3v) is 3.03. The first kappa shape index (κ1) is 12.6. The Labute approximate surface area is 107 Å². The first-order valence-electron chi connectivity index (χ1n) is 6.37. The smallest absolute Gasteiger partial charge is 0.251 e. The maximum atomic E-state index is 11.9. The second kappa shape index (κ2) is 5.63. The summed E-state index contributed by atoms with van der Waals surface area (Å²) in [6, 6.07) is 9.69. The molecule has 0 spiro atoms. The van der Waals surface area contributed by atoms with Crippen LogP contribution in [0.3, 0.4) is 0 Å². The second-order valence-electron chi connectivity index (χ2n) is 4.36. The number of amides is 1. The van der Waals surface area contributed by atoms with Crippen LogP contribution in [0.2, 0.25) is 0 Å². The molecule has 2 aromatic rings. The summed E-state index contributed by atoms with van der Waals surface area (Å²) in [5.74, 6) is -0.0497. The van der Waals surface area contributed by atoms with Gasteiger partial charge < -0.3 is 5.32 Å². The van der Waals surface area contributed by atoms with Crippen LogP contribution in [0.15, 0.2) is 30.3 Å². The van der Waals surface area contributed by atoms with Gasteiger partial charge in [-0.25, -0.2) is 0 Å². The number of hydrogen-bond acceptors (Lipinski definition) is 2. The Kier molecular flexibility index (Phi) is 3.92. The van der Waals surface area contributed by atoms with E-state index in [1.54, 1.807) is 7.05 Å². The molecule has 1 amide bonds. The van der Waals surface area contributed by atoms with Gasteiger partial charge in [-0.15, -0.1) is 0 Å². The van der Waals surface area contributed by atoms with Crippen molar-refractivity contribution in [3.05, 3.63) is 41.6 Å². The lowest BCUT2D eigenvalue weighted by atomic mass is 10.0. The Balaban J connectivity index is 2.53. The van der Waals surface area contributed by atoms with Crippen LogP contribution in [0.5, 0.6) is 0 Å². The number of aryl methyl sites for hydroxylation is 1. The van der Waals surface area contributed by atoms with Crippen molar-refractivity contribution in [1.82, 2.24) is 10.3 Å². The van der Waals surface area contributed by atoms with Gasteiger partial charge >= 0.3 is 0 Å². The first-order chi connectivity index (χ1) is 8.76. The Morgan fingerprint density at radius 3 is 2.83 bits per heavy atom. The molecule has 0 saturated heterocycles. The zero-order valence-corrected chi connectivity index (χ0v) is 10.9. The fraction of sp³-hybridized carbons (Fsp3) is 0.333. The molecule has 0 aliphatic rings. The largest absolute Gasteiger partial charge is 0.355 e.